The zero-order chi connectivity index (χ0) is 19.6. The Morgan fingerprint density at radius 1 is 1.15 bits per heavy atom. The molecule has 3 aromatic rings. The van der Waals surface area contributed by atoms with E-state index in [1.54, 1.807) is 23.0 Å². The first-order valence-corrected chi connectivity index (χ1v) is 9.40. The third-order valence-corrected chi connectivity index (χ3v) is 5.26. The molecule has 2 aromatic heterocycles. The van der Waals surface area contributed by atoms with Crippen LogP contribution in [-0.4, -0.2) is 25.5 Å². The van der Waals surface area contributed by atoms with E-state index in [1.165, 1.54) is 12.1 Å². The number of halogens is 2. The van der Waals surface area contributed by atoms with Crippen molar-refractivity contribution in [3.05, 3.63) is 63.4 Å². The molecule has 1 aromatic carbocycles. The number of nitrogens with one attached hydrogen (secondary N) is 1. The van der Waals surface area contributed by atoms with E-state index in [1.807, 2.05) is 25.5 Å². The lowest BCUT2D eigenvalue weighted by Crippen LogP contribution is -2.16. The average molecular weight is 434 g/mol. The van der Waals surface area contributed by atoms with E-state index in [4.69, 9.17) is 0 Å². The quantitative estimate of drug-likeness (QED) is 0.639. The highest BCUT2D eigenvalue weighted by Crippen LogP contribution is 2.21. The van der Waals surface area contributed by atoms with Gasteiger partial charge in [0.05, 0.1) is 40.8 Å². The third-order valence-electron chi connectivity index (χ3n) is 4.49. The molecule has 0 saturated heterocycles. The van der Waals surface area contributed by atoms with E-state index in [0.717, 1.165) is 32.8 Å². The summed E-state index contributed by atoms with van der Waals surface area (Å²) in [5.74, 6) is -0.354. The van der Waals surface area contributed by atoms with Gasteiger partial charge in [0.1, 0.15) is 5.82 Å². The predicted molar refractivity (Wildman–Crippen MR) is 105 cm³/mol. The number of nitrogens with zero attached hydrogens (tertiary/aromatic N) is 4. The van der Waals surface area contributed by atoms with Crippen LogP contribution < -0.4 is 5.32 Å². The van der Waals surface area contributed by atoms with Gasteiger partial charge in [-0.2, -0.15) is 10.2 Å². The number of amides is 1. The number of aryl methyl sites for hydroxylation is 2. The fourth-order valence-electron chi connectivity index (χ4n) is 2.85. The first-order valence-electron chi connectivity index (χ1n) is 8.61. The highest BCUT2D eigenvalue weighted by atomic mass is 79.9. The summed E-state index contributed by atoms with van der Waals surface area (Å²) in [6.07, 6.45) is 2.04. The number of benzene rings is 1. The zero-order valence-corrected chi connectivity index (χ0v) is 17.0. The second kappa shape index (κ2) is 8.04. The SMILES string of the molecule is Cc1nn(Cc2ccc(F)cc2)c(C)c1NC(=O)CCn1ncc(Br)c1C. The molecule has 27 heavy (non-hydrogen) atoms. The van der Waals surface area contributed by atoms with Gasteiger partial charge >= 0.3 is 0 Å². The Bertz CT molecular complexity index is 961. The van der Waals surface area contributed by atoms with Gasteiger partial charge in [-0.25, -0.2) is 4.39 Å². The van der Waals surface area contributed by atoms with E-state index in [0.29, 0.717) is 19.5 Å². The molecule has 142 valence electrons. The van der Waals surface area contributed by atoms with Crippen molar-refractivity contribution < 1.29 is 9.18 Å². The normalized spacial score (nSPS) is 11.0. The van der Waals surface area contributed by atoms with Gasteiger partial charge in [-0.15, -0.1) is 0 Å². The van der Waals surface area contributed by atoms with Crippen molar-refractivity contribution >= 4 is 27.5 Å². The van der Waals surface area contributed by atoms with Crippen molar-refractivity contribution in [1.29, 1.82) is 0 Å². The van der Waals surface area contributed by atoms with Crippen LogP contribution in [0.5, 0.6) is 0 Å². The van der Waals surface area contributed by atoms with Crippen LogP contribution in [-0.2, 0) is 17.9 Å². The molecule has 0 radical (unpaired) electrons. The maximum Gasteiger partial charge on any atom is 0.226 e. The number of anilines is 1. The van der Waals surface area contributed by atoms with Gasteiger partial charge in [-0.05, 0) is 54.4 Å². The molecular formula is C19H21BrFN5O. The minimum absolute atomic E-state index is 0.0893. The molecule has 0 fully saturated rings. The Kier molecular flexibility index (Phi) is 5.74. The molecule has 0 aliphatic rings. The number of rotatable bonds is 6. The van der Waals surface area contributed by atoms with Crippen LogP contribution in [0.3, 0.4) is 0 Å². The Morgan fingerprint density at radius 2 is 1.85 bits per heavy atom. The molecule has 3 rings (SSSR count). The van der Waals surface area contributed by atoms with Crippen molar-refractivity contribution in [1.82, 2.24) is 19.6 Å². The van der Waals surface area contributed by atoms with Crippen molar-refractivity contribution in [3.8, 4) is 0 Å². The summed E-state index contributed by atoms with van der Waals surface area (Å²) in [5.41, 5.74) is 4.27. The molecular weight excluding hydrogens is 413 g/mol. The summed E-state index contributed by atoms with van der Waals surface area (Å²) in [6.45, 7) is 6.74. The smallest absolute Gasteiger partial charge is 0.226 e. The van der Waals surface area contributed by atoms with Crippen molar-refractivity contribution in [2.45, 2.75) is 40.3 Å². The van der Waals surface area contributed by atoms with E-state index >= 15 is 0 Å². The molecule has 0 atom stereocenters. The molecule has 1 amide bonds. The van der Waals surface area contributed by atoms with Gasteiger partial charge in [-0.3, -0.25) is 14.2 Å². The Morgan fingerprint density at radius 3 is 2.48 bits per heavy atom. The van der Waals surface area contributed by atoms with Crippen molar-refractivity contribution in [2.75, 3.05) is 5.32 Å². The predicted octanol–water partition coefficient (Wildman–Crippen LogP) is 3.98. The standard InChI is InChI=1S/C19H21BrFN5O/c1-12-19(23-18(27)8-9-25-13(2)17(20)10-22-25)14(3)26(24-12)11-15-4-6-16(21)7-5-15/h4-7,10H,8-9,11H2,1-3H3,(H,23,27). The molecule has 0 aliphatic carbocycles. The van der Waals surface area contributed by atoms with Crippen molar-refractivity contribution in [3.63, 3.8) is 0 Å². The lowest BCUT2D eigenvalue weighted by molar-refractivity contribution is -0.116. The lowest BCUT2D eigenvalue weighted by atomic mass is 10.2. The molecule has 2 heterocycles. The maximum atomic E-state index is 13.1. The third kappa shape index (κ3) is 4.44. The van der Waals surface area contributed by atoms with Crippen LogP contribution in [0.2, 0.25) is 0 Å². The fourth-order valence-corrected chi connectivity index (χ4v) is 3.15. The van der Waals surface area contributed by atoms with Crippen LogP contribution in [0, 0.1) is 26.6 Å². The Labute approximate surface area is 165 Å². The lowest BCUT2D eigenvalue weighted by Gasteiger charge is -2.08. The van der Waals surface area contributed by atoms with Crippen molar-refractivity contribution in [2.24, 2.45) is 0 Å². The zero-order valence-electron chi connectivity index (χ0n) is 15.5. The molecule has 0 unspecified atom stereocenters. The average Bonchev–Trinajstić information content (AvgIpc) is 3.09. The molecule has 0 spiro atoms. The summed E-state index contributed by atoms with van der Waals surface area (Å²) < 4.78 is 17.6. The van der Waals surface area contributed by atoms with Gasteiger partial charge < -0.3 is 5.32 Å². The van der Waals surface area contributed by atoms with Crippen LogP contribution in [0.4, 0.5) is 10.1 Å². The number of hydrogen-bond donors (Lipinski definition) is 1. The molecule has 0 saturated carbocycles. The van der Waals surface area contributed by atoms with Gasteiger partial charge in [-0.1, -0.05) is 12.1 Å². The summed E-state index contributed by atoms with van der Waals surface area (Å²) in [7, 11) is 0. The van der Waals surface area contributed by atoms with Crippen LogP contribution >= 0.6 is 15.9 Å². The largest absolute Gasteiger partial charge is 0.323 e. The van der Waals surface area contributed by atoms with Crippen LogP contribution in [0.15, 0.2) is 34.9 Å². The minimum atomic E-state index is -0.264. The second-order valence-corrected chi connectivity index (χ2v) is 7.28. The molecule has 8 heteroatoms. The maximum absolute atomic E-state index is 13.1. The fraction of sp³-hybridized carbons (Fsp3) is 0.316. The number of carbonyl (C=O) groups is 1. The summed E-state index contributed by atoms with van der Waals surface area (Å²) in [4.78, 5) is 12.4. The summed E-state index contributed by atoms with van der Waals surface area (Å²) >= 11 is 3.41. The molecule has 1 N–H and O–H groups in total. The van der Waals surface area contributed by atoms with E-state index in [-0.39, 0.29) is 11.7 Å². The minimum Gasteiger partial charge on any atom is -0.323 e. The van der Waals surface area contributed by atoms with E-state index in [9.17, 15) is 9.18 Å². The van der Waals surface area contributed by atoms with Gasteiger partial charge in [0.2, 0.25) is 5.91 Å². The monoisotopic (exact) mass is 433 g/mol. The highest BCUT2D eigenvalue weighted by Gasteiger charge is 2.15. The summed E-state index contributed by atoms with van der Waals surface area (Å²) in [6, 6.07) is 6.32. The molecule has 0 aliphatic heterocycles. The number of carbonyl (C=O) groups excluding carboxylic acids is 1. The topological polar surface area (TPSA) is 64.7 Å². The first-order chi connectivity index (χ1) is 12.8. The Balaban J connectivity index is 1.66. The highest BCUT2D eigenvalue weighted by molar-refractivity contribution is 9.10. The van der Waals surface area contributed by atoms with Gasteiger partial charge in [0.25, 0.3) is 0 Å². The van der Waals surface area contributed by atoms with E-state index < -0.39 is 0 Å². The van der Waals surface area contributed by atoms with Gasteiger partial charge in [0, 0.05) is 12.1 Å². The van der Waals surface area contributed by atoms with E-state index in [2.05, 4.69) is 31.4 Å². The second-order valence-electron chi connectivity index (χ2n) is 6.43. The molecule has 6 nitrogen and oxygen atoms in total. The molecule has 0 bridgehead atoms. The Hall–Kier alpha value is -2.48. The first kappa shape index (κ1) is 19.3. The van der Waals surface area contributed by atoms with Gasteiger partial charge in [0.15, 0.2) is 0 Å². The van der Waals surface area contributed by atoms with Crippen LogP contribution in [0.25, 0.3) is 0 Å². The summed E-state index contributed by atoms with van der Waals surface area (Å²) in [5, 5.41) is 11.7. The number of hydrogen-bond acceptors (Lipinski definition) is 3. The van der Waals surface area contributed by atoms with Crippen LogP contribution in [0.1, 0.15) is 29.1 Å². The number of aromatic nitrogens is 4.